The molecule has 1 unspecified atom stereocenters. The van der Waals surface area contributed by atoms with Crippen LogP contribution >= 0.6 is 34.3 Å². The first kappa shape index (κ1) is 11.1. The number of halogens is 1. The van der Waals surface area contributed by atoms with Crippen LogP contribution in [0, 0.1) is 0 Å². The molecule has 0 bridgehead atoms. The van der Waals surface area contributed by atoms with Gasteiger partial charge in [0.05, 0.1) is 9.90 Å². The number of rotatable bonds is 3. The van der Waals surface area contributed by atoms with Crippen molar-refractivity contribution in [2.45, 2.75) is 19.4 Å². The Balaban J connectivity index is 2.36. The maximum absolute atomic E-state index is 10.2. The highest BCUT2D eigenvalue weighted by molar-refractivity contribution is 7.12. The van der Waals surface area contributed by atoms with Crippen molar-refractivity contribution >= 4 is 34.3 Å². The molecule has 0 saturated heterocycles. The summed E-state index contributed by atoms with van der Waals surface area (Å²) in [7, 11) is 0. The van der Waals surface area contributed by atoms with Crippen LogP contribution in [0.15, 0.2) is 22.9 Å². The zero-order valence-electron chi connectivity index (χ0n) is 8.24. The number of hydrogen-bond acceptors (Lipinski definition) is 3. The zero-order chi connectivity index (χ0) is 10.8. The van der Waals surface area contributed by atoms with Crippen LogP contribution in [0.2, 0.25) is 5.02 Å². The van der Waals surface area contributed by atoms with E-state index in [0.29, 0.717) is 5.02 Å². The summed E-state index contributed by atoms with van der Waals surface area (Å²) in [6.45, 7) is 2.09. The van der Waals surface area contributed by atoms with Gasteiger partial charge >= 0.3 is 0 Å². The minimum absolute atomic E-state index is 0.563. The molecule has 0 spiro atoms. The smallest absolute Gasteiger partial charge is 0.124 e. The summed E-state index contributed by atoms with van der Waals surface area (Å²) in [6.07, 6.45) is 0.381. The minimum Gasteiger partial charge on any atom is -0.382 e. The van der Waals surface area contributed by atoms with Gasteiger partial charge < -0.3 is 5.11 Å². The van der Waals surface area contributed by atoms with Crippen LogP contribution in [0.1, 0.15) is 28.3 Å². The van der Waals surface area contributed by atoms with Gasteiger partial charge in [0, 0.05) is 4.88 Å². The zero-order valence-corrected chi connectivity index (χ0v) is 10.6. The van der Waals surface area contributed by atoms with Crippen molar-refractivity contribution in [1.29, 1.82) is 0 Å². The third-order valence-electron chi connectivity index (χ3n) is 2.30. The van der Waals surface area contributed by atoms with Crippen molar-refractivity contribution in [3.05, 3.63) is 43.2 Å². The maximum Gasteiger partial charge on any atom is 0.124 e. The van der Waals surface area contributed by atoms with Gasteiger partial charge in [-0.2, -0.15) is 0 Å². The highest BCUT2D eigenvalue weighted by Gasteiger charge is 2.18. The quantitative estimate of drug-likeness (QED) is 0.879. The van der Waals surface area contributed by atoms with Crippen LogP contribution in [0.4, 0.5) is 0 Å². The van der Waals surface area contributed by atoms with Gasteiger partial charge in [0.2, 0.25) is 0 Å². The molecule has 2 aromatic rings. The Bertz CT molecular complexity index is 447. The molecule has 1 nitrogen and oxygen atoms in total. The number of aryl methyl sites for hydroxylation is 1. The van der Waals surface area contributed by atoms with Crippen molar-refractivity contribution in [3.8, 4) is 0 Å². The SMILES string of the molecule is CCc1ccsc1C(O)c1sccc1Cl. The average molecular weight is 259 g/mol. The first-order valence-electron chi connectivity index (χ1n) is 4.71. The second-order valence-electron chi connectivity index (χ2n) is 3.20. The van der Waals surface area contributed by atoms with Crippen molar-refractivity contribution in [2.75, 3.05) is 0 Å². The van der Waals surface area contributed by atoms with Crippen molar-refractivity contribution in [3.63, 3.8) is 0 Å². The van der Waals surface area contributed by atoms with Gasteiger partial charge in [0.25, 0.3) is 0 Å². The predicted molar refractivity (Wildman–Crippen MR) is 67.1 cm³/mol. The van der Waals surface area contributed by atoms with Gasteiger partial charge in [-0.05, 0) is 34.9 Å². The van der Waals surface area contributed by atoms with E-state index in [4.69, 9.17) is 11.6 Å². The Morgan fingerprint density at radius 3 is 2.53 bits per heavy atom. The van der Waals surface area contributed by atoms with Crippen LogP contribution in [0.3, 0.4) is 0 Å². The molecule has 0 aliphatic rings. The molecule has 0 radical (unpaired) electrons. The average Bonchev–Trinajstić information content (AvgIpc) is 2.84. The molecule has 2 rings (SSSR count). The lowest BCUT2D eigenvalue weighted by Crippen LogP contribution is -1.97. The van der Waals surface area contributed by atoms with E-state index in [1.165, 1.54) is 16.9 Å². The van der Waals surface area contributed by atoms with Crippen LogP contribution < -0.4 is 0 Å². The molecular weight excluding hydrogens is 248 g/mol. The van der Waals surface area contributed by atoms with Gasteiger partial charge in [0.1, 0.15) is 6.10 Å². The molecule has 2 heterocycles. The van der Waals surface area contributed by atoms with E-state index in [1.54, 1.807) is 11.3 Å². The first-order valence-corrected chi connectivity index (χ1v) is 6.85. The predicted octanol–water partition coefficient (Wildman–Crippen LogP) is 4.11. The maximum atomic E-state index is 10.2. The van der Waals surface area contributed by atoms with Gasteiger partial charge in [-0.1, -0.05) is 18.5 Å². The third-order valence-corrected chi connectivity index (χ3v) is 4.73. The van der Waals surface area contributed by atoms with Crippen molar-refractivity contribution in [1.82, 2.24) is 0 Å². The summed E-state index contributed by atoms with van der Waals surface area (Å²) in [4.78, 5) is 1.86. The van der Waals surface area contributed by atoms with E-state index >= 15 is 0 Å². The van der Waals surface area contributed by atoms with Crippen LogP contribution in [0.25, 0.3) is 0 Å². The fourth-order valence-electron chi connectivity index (χ4n) is 1.50. The standard InChI is InChI=1S/C11H11ClOS2/c1-2-7-3-5-14-10(7)9(13)11-8(12)4-6-15-11/h3-6,9,13H,2H2,1H3. The molecule has 0 aliphatic carbocycles. The second kappa shape index (κ2) is 4.66. The topological polar surface area (TPSA) is 20.2 Å². The van der Waals surface area contributed by atoms with Crippen molar-refractivity contribution in [2.24, 2.45) is 0 Å². The van der Waals surface area contributed by atoms with E-state index < -0.39 is 6.10 Å². The number of hydrogen-bond donors (Lipinski definition) is 1. The molecular formula is C11H11ClOS2. The number of aliphatic hydroxyl groups excluding tert-OH is 1. The lowest BCUT2D eigenvalue weighted by atomic mass is 10.1. The molecule has 15 heavy (non-hydrogen) atoms. The third kappa shape index (κ3) is 2.11. The molecule has 0 saturated carbocycles. The molecule has 80 valence electrons. The Kier molecular flexibility index (Phi) is 3.46. The second-order valence-corrected chi connectivity index (χ2v) is 5.50. The summed E-state index contributed by atoms with van der Waals surface area (Å²) in [5.41, 5.74) is 1.21. The Morgan fingerprint density at radius 2 is 1.93 bits per heavy atom. The van der Waals surface area contributed by atoms with E-state index in [9.17, 15) is 5.11 Å². The summed E-state index contributed by atoms with van der Waals surface area (Å²) >= 11 is 9.09. The summed E-state index contributed by atoms with van der Waals surface area (Å²) in [6, 6.07) is 3.88. The van der Waals surface area contributed by atoms with E-state index in [-0.39, 0.29) is 0 Å². The molecule has 1 atom stereocenters. The summed E-state index contributed by atoms with van der Waals surface area (Å²) < 4.78 is 0. The molecule has 4 heteroatoms. The van der Waals surface area contributed by atoms with Gasteiger partial charge in [-0.3, -0.25) is 0 Å². The lowest BCUT2D eigenvalue weighted by Gasteiger charge is -2.09. The van der Waals surface area contributed by atoms with Crippen LogP contribution in [-0.2, 0) is 6.42 Å². The Hall–Kier alpha value is -0.350. The highest BCUT2D eigenvalue weighted by Crippen LogP contribution is 2.36. The normalized spacial score (nSPS) is 13.0. The number of thiophene rings is 2. The van der Waals surface area contributed by atoms with Crippen molar-refractivity contribution < 1.29 is 5.11 Å². The fraction of sp³-hybridized carbons (Fsp3) is 0.273. The summed E-state index contributed by atoms with van der Waals surface area (Å²) in [5, 5.41) is 14.8. The molecule has 0 aromatic carbocycles. The minimum atomic E-state index is -0.563. The Morgan fingerprint density at radius 1 is 1.27 bits per heavy atom. The van der Waals surface area contributed by atoms with Gasteiger partial charge in [0.15, 0.2) is 0 Å². The first-order chi connectivity index (χ1) is 7.24. The molecule has 0 fully saturated rings. The van der Waals surface area contributed by atoms with Crippen LogP contribution in [-0.4, -0.2) is 5.11 Å². The highest BCUT2D eigenvalue weighted by atomic mass is 35.5. The molecule has 0 amide bonds. The lowest BCUT2D eigenvalue weighted by molar-refractivity contribution is 0.227. The summed E-state index contributed by atoms with van der Waals surface area (Å²) in [5.74, 6) is 0. The molecule has 2 aromatic heterocycles. The fourth-order valence-corrected chi connectivity index (χ4v) is 3.72. The number of aliphatic hydroxyl groups is 1. The molecule has 1 N–H and O–H groups in total. The van der Waals surface area contributed by atoms with E-state index in [0.717, 1.165) is 16.2 Å². The van der Waals surface area contributed by atoms with E-state index in [2.05, 4.69) is 13.0 Å². The van der Waals surface area contributed by atoms with Gasteiger partial charge in [-0.25, -0.2) is 0 Å². The van der Waals surface area contributed by atoms with Crippen LogP contribution in [0.5, 0.6) is 0 Å². The monoisotopic (exact) mass is 258 g/mol. The van der Waals surface area contributed by atoms with E-state index in [1.807, 2.05) is 16.8 Å². The largest absolute Gasteiger partial charge is 0.382 e. The van der Waals surface area contributed by atoms with Gasteiger partial charge in [-0.15, -0.1) is 22.7 Å². The molecule has 0 aliphatic heterocycles. The Labute approximate surface area is 102 Å².